The predicted molar refractivity (Wildman–Crippen MR) is 136 cm³/mol. The van der Waals surface area contributed by atoms with Crippen LogP contribution in [0.1, 0.15) is 35.7 Å². The number of halogens is 3. The van der Waals surface area contributed by atoms with E-state index in [2.05, 4.69) is 10.6 Å². The van der Waals surface area contributed by atoms with Crippen LogP contribution in [0, 0.1) is 0 Å². The highest BCUT2D eigenvalue weighted by Gasteiger charge is 2.51. The second-order valence-electron chi connectivity index (χ2n) is 9.45. The molecule has 2 saturated heterocycles. The zero-order valence-corrected chi connectivity index (χ0v) is 21.6. The Morgan fingerprint density at radius 3 is 2.64 bits per heavy atom. The van der Waals surface area contributed by atoms with Crippen LogP contribution in [0.15, 0.2) is 48.5 Å². The predicted octanol–water partition coefficient (Wildman–Crippen LogP) is 2.25. The number of alkyl halides is 2. The Bertz CT molecular complexity index is 1260. The van der Waals surface area contributed by atoms with Crippen LogP contribution in [-0.4, -0.2) is 65.5 Å². The molecule has 3 amide bonds. The molecule has 2 aliphatic heterocycles. The fourth-order valence-electron chi connectivity index (χ4n) is 4.38. The first-order chi connectivity index (χ1) is 18.4. The molecular formula is C26H27ClF2N4O6. The van der Waals surface area contributed by atoms with E-state index in [1.165, 1.54) is 25.1 Å². The normalized spacial score (nSPS) is 22.7. The van der Waals surface area contributed by atoms with E-state index < -0.39 is 67.0 Å². The number of rotatable bonds is 8. The highest BCUT2D eigenvalue weighted by molar-refractivity contribution is 6.33. The number of hydrogen-bond acceptors (Lipinski definition) is 7. The van der Waals surface area contributed by atoms with Gasteiger partial charge in [0.05, 0.1) is 30.3 Å². The van der Waals surface area contributed by atoms with Crippen LogP contribution in [0.4, 0.5) is 14.5 Å². The summed E-state index contributed by atoms with van der Waals surface area (Å²) in [6.07, 6.45) is -2.27. The van der Waals surface area contributed by atoms with E-state index in [0.29, 0.717) is 0 Å². The van der Waals surface area contributed by atoms with Gasteiger partial charge in [-0.3, -0.25) is 19.2 Å². The lowest BCUT2D eigenvalue weighted by Crippen LogP contribution is -2.54. The van der Waals surface area contributed by atoms with E-state index in [4.69, 9.17) is 26.8 Å². The number of ether oxygens (including phenoxy) is 2. The molecule has 10 nitrogen and oxygen atoms in total. The quantitative estimate of drug-likeness (QED) is 0.330. The number of nitrogens with one attached hydrogen (secondary N) is 2. The number of anilines is 1. The van der Waals surface area contributed by atoms with Gasteiger partial charge in [-0.15, -0.1) is 0 Å². The minimum absolute atomic E-state index is 0.0910. The van der Waals surface area contributed by atoms with Gasteiger partial charge in [0, 0.05) is 12.0 Å². The number of benzene rings is 2. The van der Waals surface area contributed by atoms with E-state index in [1.54, 1.807) is 24.3 Å². The minimum Gasteiger partial charge on any atom is -0.433 e. The van der Waals surface area contributed by atoms with Gasteiger partial charge in [0.2, 0.25) is 18.1 Å². The van der Waals surface area contributed by atoms with Crippen molar-refractivity contribution in [3.8, 4) is 0 Å². The maximum atomic E-state index is 14.4. The third-order valence-electron chi connectivity index (χ3n) is 6.38. The van der Waals surface area contributed by atoms with Crippen molar-refractivity contribution < 1.29 is 37.4 Å². The maximum absolute atomic E-state index is 14.4. The van der Waals surface area contributed by atoms with E-state index in [9.17, 15) is 28.0 Å². The van der Waals surface area contributed by atoms with Crippen molar-refractivity contribution in [1.29, 1.82) is 0 Å². The van der Waals surface area contributed by atoms with Gasteiger partial charge in [-0.25, -0.2) is 8.78 Å². The van der Waals surface area contributed by atoms with Gasteiger partial charge in [-0.1, -0.05) is 41.9 Å². The molecule has 2 fully saturated rings. The van der Waals surface area contributed by atoms with Crippen LogP contribution >= 0.6 is 11.6 Å². The Balaban J connectivity index is 1.41. The molecule has 208 valence electrons. The van der Waals surface area contributed by atoms with E-state index in [0.717, 1.165) is 10.5 Å². The molecule has 0 spiro atoms. The molecular weight excluding hydrogens is 538 g/mol. The highest BCUT2D eigenvalue weighted by Crippen LogP contribution is 2.33. The first-order valence-electron chi connectivity index (χ1n) is 12.1. The molecule has 0 radical (unpaired) electrons. The van der Waals surface area contributed by atoms with Crippen LogP contribution < -0.4 is 16.4 Å². The first-order valence-corrected chi connectivity index (χ1v) is 12.5. The van der Waals surface area contributed by atoms with Crippen molar-refractivity contribution in [2.24, 2.45) is 0 Å². The van der Waals surface area contributed by atoms with Gasteiger partial charge in [0.25, 0.3) is 11.8 Å². The van der Waals surface area contributed by atoms with E-state index in [1.807, 2.05) is 6.07 Å². The average Bonchev–Trinajstić information content (AvgIpc) is 3.42. The lowest BCUT2D eigenvalue weighted by Gasteiger charge is -2.28. The average molecular weight is 565 g/mol. The Hall–Kier alpha value is -3.77. The van der Waals surface area contributed by atoms with Gasteiger partial charge >= 0.3 is 5.97 Å². The lowest BCUT2D eigenvalue weighted by molar-refractivity contribution is -0.168. The number of amides is 3. The lowest BCUT2D eigenvalue weighted by atomic mass is 10.1. The molecule has 4 N–H and O–H groups in total. The SMILES string of the molecule is CC(NC(=O)c1ccc(N)c(Cl)c1)C(=O)N1CC(F)(F)CC1C(=O)NC1CC(=O)OC1OCc1ccccc1. The number of cyclic esters (lactones) is 1. The second-order valence-corrected chi connectivity index (χ2v) is 9.85. The number of carbonyl (C=O) groups excluding carboxylic acids is 4. The van der Waals surface area contributed by atoms with Crippen molar-refractivity contribution >= 4 is 41.0 Å². The standard InChI is InChI=1S/C26H27ClF2N4O6/c1-14(31-22(35)16-7-8-18(30)17(27)9-16)24(37)33-13-26(28,29)11-20(33)23(36)32-19-10-21(34)39-25(19)38-12-15-5-3-2-4-6-15/h2-9,14,19-20,25H,10-13,30H2,1H3,(H,31,35)(H,32,36). The summed E-state index contributed by atoms with van der Waals surface area (Å²) in [6, 6.07) is 9.45. The van der Waals surface area contributed by atoms with Gasteiger partial charge in [-0.2, -0.15) is 0 Å². The topological polar surface area (TPSA) is 140 Å². The fraction of sp³-hybridized carbons (Fsp3) is 0.385. The van der Waals surface area contributed by atoms with Gasteiger partial charge in [-0.05, 0) is 30.7 Å². The van der Waals surface area contributed by atoms with Crippen LogP contribution in [0.25, 0.3) is 0 Å². The number of likely N-dealkylation sites (tertiary alicyclic amines) is 1. The van der Waals surface area contributed by atoms with Crippen molar-refractivity contribution in [2.45, 2.75) is 56.7 Å². The molecule has 4 atom stereocenters. The van der Waals surface area contributed by atoms with Crippen LogP contribution in [0.2, 0.25) is 5.02 Å². The third kappa shape index (κ3) is 6.82. The molecule has 2 aromatic rings. The largest absolute Gasteiger partial charge is 0.433 e. The van der Waals surface area contributed by atoms with Crippen molar-refractivity contribution in [3.05, 3.63) is 64.7 Å². The number of nitrogens with zero attached hydrogens (tertiary/aromatic N) is 1. The van der Waals surface area contributed by atoms with Crippen molar-refractivity contribution in [2.75, 3.05) is 12.3 Å². The summed E-state index contributed by atoms with van der Waals surface area (Å²) in [7, 11) is 0. The molecule has 4 unspecified atom stereocenters. The number of carbonyl (C=O) groups is 4. The molecule has 0 bridgehead atoms. The summed E-state index contributed by atoms with van der Waals surface area (Å²) in [5.41, 5.74) is 6.81. The highest BCUT2D eigenvalue weighted by atomic mass is 35.5. The second kappa shape index (κ2) is 11.5. The Labute approximate surface area is 227 Å². The molecule has 39 heavy (non-hydrogen) atoms. The minimum atomic E-state index is -3.34. The Kier molecular flexibility index (Phi) is 8.36. The molecule has 2 aromatic carbocycles. The smallest absolute Gasteiger partial charge is 0.310 e. The number of nitrogen functional groups attached to an aromatic ring is 1. The third-order valence-corrected chi connectivity index (χ3v) is 6.71. The maximum Gasteiger partial charge on any atom is 0.310 e. The summed E-state index contributed by atoms with van der Waals surface area (Å²) in [4.78, 5) is 51.4. The summed E-state index contributed by atoms with van der Waals surface area (Å²) >= 11 is 5.94. The molecule has 0 saturated carbocycles. The molecule has 0 aromatic heterocycles. The Morgan fingerprint density at radius 2 is 1.95 bits per heavy atom. The zero-order valence-electron chi connectivity index (χ0n) is 20.9. The number of hydrogen-bond donors (Lipinski definition) is 3. The first kappa shape index (κ1) is 28.2. The summed E-state index contributed by atoms with van der Waals surface area (Å²) in [5, 5.41) is 5.10. The molecule has 0 aliphatic carbocycles. The number of esters is 1. The van der Waals surface area contributed by atoms with Gasteiger partial charge in [0.1, 0.15) is 18.1 Å². The van der Waals surface area contributed by atoms with Gasteiger partial charge < -0.3 is 30.7 Å². The summed E-state index contributed by atoms with van der Waals surface area (Å²) in [6.45, 7) is 0.404. The molecule has 2 heterocycles. The number of nitrogens with two attached hydrogens (primary N) is 1. The van der Waals surface area contributed by atoms with Crippen LogP contribution in [-0.2, 0) is 30.5 Å². The van der Waals surface area contributed by atoms with Crippen LogP contribution in [0.3, 0.4) is 0 Å². The van der Waals surface area contributed by atoms with E-state index in [-0.39, 0.29) is 29.3 Å². The zero-order chi connectivity index (χ0) is 28.3. The summed E-state index contributed by atoms with van der Waals surface area (Å²) in [5.74, 6) is -6.40. The van der Waals surface area contributed by atoms with Crippen molar-refractivity contribution in [3.63, 3.8) is 0 Å². The Morgan fingerprint density at radius 1 is 1.23 bits per heavy atom. The van der Waals surface area contributed by atoms with Crippen LogP contribution in [0.5, 0.6) is 0 Å². The summed E-state index contributed by atoms with van der Waals surface area (Å²) < 4.78 is 39.6. The molecule has 4 rings (SSSR count). The molecule has 13 heteroatoms. The van der Waals surface area contributed by atoms with Crippen molar-refractivity contribution in [1.82, 2.24) is 15.5 Å². The molecule has 2 aliphatic rings. The monoisotopic (exact) mass is 564 g/mol. The fourth-order valence-corrected chi connectivity index (χ4v) is 4.56. The van der Waals surface area contributed by atoms with E-state index >= 15 is 0 Å². The van der Waals surface area contributed by atoms with Gasteiger partial charge in [0.15, 0.2) is 0 Å².